The van der Waals surface area contributed by atoms with Crippen LogP contribution in [0.25, 0.3) is 0 Å². The van der Waals surface area contributed by atoms with Crippen molar-refractivity contribution in [2.45, 2.75) is 44.1 Å². The lowest BCUT2D eigenvalue weighted by molar-refractivity contribution is -0.117. The quantitative estimate of drug-likeness (QED) is 0.775. The van der Waals surface area contributed by atoms with Gasteiger partial charge in [0.25, 0.3) is 0 Å². The van der Waals surface area contributed by atoms with Crippen molar-refractivity contribution in [3.05, 3.63) is 53.6 Å². The summed E-state index contributed by atoms with van der Waals surface area (Å²) in [5.74, 6) is 1.73. The molecule has 5 heteroatoms. The number of benzene rings is 2. The lowest BCUT2D eigenvalue weighted by atomic mass is 9.98. The molecule has 0 unspecified atom stereocenters. The fourth-order valence-corrected chi connectivity index (χ4v) is 4.12. The summed E-state index contributed by atoms with van der Waals surface area (Å²) < 4.78 is 11.7. The fourth-order valence-electron chi connectivity index (χ4n) is 4.12. The van der Waals surface area contributed by atoms with Gasteiger partial charge in [-0.15, -0.1) is 0 Å². The molecule has 0 bridgehead atoms. The number of anilines is 1. The van der Waals surface area contributed by atoms with Gasteiger partial charge in [0.15, 0.2) is 11.5 Å². The van der Waals surface area contributed by atoms with E-state index in [-0.39, 0.29) is 17.9 Å². The molecule has 0 radical (unpaired) electrons. The van der Waals surface area contributed by atoms with Gasteiger partial charge in [0, 0.05) is 24.6 Å². The van der Waals surface area contributed by atoms with Gasteiger partial charge in [-0.05, 0) is 67.6 Å². The Morgan fingerprint density at radius 3 is 2.50 bits per heavy atom. The number of nitriles is 1. The van der Waals surface area contributed by atoms with Crippen molar-refractivity contribution in [3.63, 3.8) is 0 Å². The van der Waals surface area contributed by atoms with E-state index in [9.17, 15) is 4.79 Å². The number of methoxy groups -OCH3 is 1. The maximum absolute atomic E-state index is 12.6. The van der Waals surface area contributed by atoms with E-state index in [2.05, 4.69) is 6.07 Å². The fraction of sp³-hybridized carbons (Fsp3) is 0.391. The smallest absolute Gasteiger partial charge is 0.227 e. The summed E-state index contributed by atoms with van der Waals surface area (Å²) in [5, 5.41) is 8.95. The first-order chi connectivity index (χ1) is 13.7. The highest BCUT2D eigenvalue weighted by Gasteiger charge is 2.32. The molecule has 0 spiro atoms. The molecule has 144 valence electrons. The second-order valence-corrected chi connectivity index (χ2v) is 7.50. The number of amides is 1. The summed E-state index contributed by atoms with van der Waals surface area (Å²) in [7, 11) is 1.66. The Kier molecular flexibility index (Phi) is 5.21. The average Bonchev–Trinajstić information content (AvgIpc) is 3.37. The molecular weight excluding hydrogens is 352 g/mol. The summed E-state index contributed by atoms with van der Waals surface area (Å²) in [4.78, 5) is 14.4. The van der Waals surface area contributed by atoms with Gasteiger partial charge < -0.3 is 14.4 Å². The van der Waals surface area contributed by atoms with Crippen LogP contribution in [0.2, 0.25) is 0 Å². The maximum atomic E-state index is 12.6. The van der Waals surface area contributed by atoms with Crippen molar-refractivity contribution in [1.82, 2.24) is 0 Å². The Morgan fingerprint density at radius 1 is 1.07 bits per heavy atom. The molecule has 0 aromatic heterocycles. The molecule has 1 atom stereocenters. The number of carbonyl (C=O) groups excluding carboxylic acids is 1. The molecule has 1 amide bonds. The van der Waals surface area contributed by atoms with Crippen LogP contribution in [0.5, 0.6) is 11.5 Å². The van der Waals surface area contributed by atoms with Crippen molar-refractivity contribution in [2.24, 2.45) is 0 Å². The van der Waals surface area contributed by atoms with E-state index in [1.165, 1.54) is 12.8 Å². The van der Waals surface area contributed by atoms with Gasteiger partial charge in [-0.3, -0.25) is 4.79 Å². The van der Waals surface area contributed by atoms with Crippen molar-refractivity contribution in [2.75, 3.05) is 18.6 Å². The lowest BCUT2D eigenvalue weighted by Crippen LogP contribution is -2.24. The molecule has 2 fully saturated rings. The van der Waals surface area contributed by atoms with Crippen LogP contribution < -0.4 is 14.4 Å². The molecule has 28 heavy (non-hydrogen) atoms. The van der Waals surface area contributed by atoms with Gasteiger partial charge in [-0.1, -0.05) is 6.07 Å². The van der Waals surface area contributed by atoms with Crippen LogP contribution in [-0.4, -0.2) is 25.7 Å². The van der Waals surface area contributed by atoms with Gasteiger partial charge >= 0.3 is 0 Å². The Bertz CT molecular complexity index is 895. The van der Waals surface area contributed by atoms with Gasteiger partial charge in [-0.2, -0.15) is 5.26 Å². The van der Waals surface area contributed by atoms with Crippen LogP contribution in [0.4, 0.5) is 5.69 Å². The molecule has 1 aliphatic carbocycles. The zero-order chi connectivity index (χ0) is 19.5. The predicted molar refractivity (Wildman–Crippen MR) is 107 cm³/mol. The third-order valence-corrected chi connectivity index (χ3v) is 5.69. The van der Waals surface area contributed by atoms with Crippen LogP contribution in [-0.2, 0) is 4.79 Å². The summed E-state index contributed by atoms with van der Waals surface area (Å²) >= 11 is 0. The van der Waals surface area contributed by atoms with Crippen LogP contribution in [0, 0.1) is 11.3 Å². The van der Waals surface area contributed by atoms with E-state index in [4.69, 9.17) is 14.7 Å². The molecule has 5 nitrogen and oxygen atoms in total. The number of hydrogen-bond donors (Lipinski definition) is 0. The average molecular weight is 376 g/mol. The predicted octanol–water partition coefficient (Wildman–Crippen LogP) is 4.41. The highest BCUT2D eigenvalue weighted by atomic mass is 16.5. The summed E-state index contributed by atoms with van der Waals surface area (Å²) in [5.41, 5.74) is 2.52. The SMILES string of the molecule is COc1ccc([C@H]2CC(=O)N(c3ccc(C#N)cc3)C2)cc1OC1CCCC1. The van der Waals surface area contributed by atoms with Gasteiger partial charge in [0.1, 0.15) is 0 Å². The minimum absolute atomic E-state index is 0.101. The summed E-state index contributed by atoms with van der Waals surface area (Å²) in [6.45, 7) is 0.625. The molecule has 1 heterocycles. The molecule has 4 rings (SSSR count). The van der Waals surface area contributed by atoms with E-state index in [1.54, 1.807) is 24.1 Å². The highest BCUT2D eigenvalue weighted by Crippen LogP contribution is 2.38. The second-order valence-electron chi connectivity index (χ2n) is 7.50. The first-order valence-electron chi connectivity index (χ1n) is 9.83. The first kappa shape index (κ1) is 18.4. The highest BCUT2D eigenvalue weighted by molar-refractivity contribution is 5.96. The molecule has 0 N–H and O–H groups in total. The number of carbonyl (C=O) groups is 1. The molecule has 2 aromatic rings. The molecule has 1 saturated heterocycles. The molecule has 2 aromatic carbocycles. The third-order valence-electron chi connectivity index (χ3n) is 5.69. The Hall–Kier alpha value is -3.00. The standard InChI is InChI=1S/C23H24N2O3/c1-27-21-11-8-17(12-22(21)28-20-4-2-3-5-20)18-13-23(26)25(15-18)19-9-6-16(14-24)7-10-19/h6-12,18,20H,2-5,13,15H2,1H3/t18-/m0/s1. The van der Waals surface area contributed by atoms with Crippen molar-refractivity contribution in [1.29, 1.82) is 5.26 Å². The van der Waals surface area contributed by atoms with Crippen molar-refractivity contribution < 1.29 is 14.3 Å². The first-order valence-corrected chi connectivity index (χ1v) is 9.83. The normalized spacial score (nSPS) is 19.6. The minimum atomic E-state index is 0.101. The Labute approximate surface area is 165 Å². The summed E-state index contributed by atoms with van der Waals surface area (Å²) in [6, 6.07) is 15.3. The number of nitrogens with zero attached hydrogens (tertiary/aromatic N) is 2. The maximum Gasteiger partial charge on any atom is 0.227 e. The largest absolute Gasteiger partial charge is 0.493 e. The zero-order valence-electron chi connectivity index (χ0n) is 16.1. The monoisotopic (exact) mass is 376 g/mol. The summed E-state index contributed by atoms with van der Waals surface area (Å²) in [6.07, 6.45) is 5.32. The molecule has 1 saturated carbocycles. The third kappa shape index (κ3) is 3.68. The van der Waals surface area contributed by atoms with E-state index < -0.39 is 0 Å². The molecular formula is C23H24N2O3. The van der Waals surface area contributed by atoms with Crippen LogP contribution >= 0.6 is 0 Å². The van der Waals surface area contributed by atoms with Crippen molar-refractivity contribution >= 4 is 11.6 Å². The minimum Gasteiger partial charge on any atom is -0.493 e. The van der Waals surface area contributed by atoms with Gasteiger partial charge in [0.05, 0.1) is 24.8 Å². The van der Waals surface area contributed by atoms with E-state index >= 15 is 0 Å². The number of ether oxygens (including phenoxy) is 2. The Morgan fingerprint density at radius 2 is 1.82 bits per heavy atom. The van der Waals surface area contributed by atoms with Gasteiger partial charge in [0.2, 0.25) is 5.91 Å². The Balaban J connectivity index is 1.53. The van der Waals surface area contributed by atoms with Gasteiger partial charge in [-0.25, -0.2) is 0 Å². The van der Waals surface area contributed by atoms with E-state index in [0.717, 1.165) is 35.6 Å². The second kappa shape index (κ2) is 7.93. The van der Waals surface area contributed by atoms with Crippen LogP contribution in [0.3, 0.4) is 0 Å². The number of rotatable bonds is 5. The van der Waals surface area contributed by atoms with E-state index in [1.807, 2.05) is 30.3 Å². The van der Waals surface area contributed by atoms with Crippen molar-refractivity contribution in [3.8, 4) is 17.6 Å². The van der Waals surface area contributed by atoms with Crippen LogP contribution in [0.15, 0.2) is 42.5 Å². The topological polar surface area (TPSA) is 62.6 Å². The molecule has 2 aliphatic rings. The lowest BCUT2D eigenvalue weighted by Gasteiger charge is -2.19. The zero-order valence-corrected chi connectivity index (χ0v) is 16.1. The van der Waals surface area contributed by atoms with Crippen LogP contribution in [0.1, 0.15) is 49.1 Å². The van der Waals surface area contributed by atoms with E-state index in [0.29, 0.717) is 18.5 Å². The number of hydrogen-bond acceptors (Lipinski definition) is 4. The molecule has 1 aliphatic heterocycles.